The highest BCUT2D eigenvalue weighted by Crippen LogP contribution is 2.19. The number of aromatic amines is 1. The zero-order valence-electron chi connectivity index (χ0n) is 6.72. The Morgan fingerprint density at radius 2 is 2.42 bits per heavy atom. The van der Waals surface area contributed by atoms with Crippen molar-refractivity contribution >= 4 is 11.8 Å². The van der Waals surface area contributed by atoms with Crippen LogP contribution in [0, 0.1) is 0 Å². The fourth-order valence-electron chi connectivity index (χ4n) is 1.41. The summed E-state index contributed by atoms with van der Waals surface area (Å²) in [4.78, 5) is 17.7. The van der Waals surface area contributed by atoms with Gasteiger partial charge in [0.1, 0.15) is 5.82 Å². The van der Waals surface area contributed by atoms with Gasteiger partial charge < -0.3 is 11.1 Å². The molecule has 64 valence electrons. The quantitative estimate of drug-likeness (QED) is 0.494. The maximum atomic E-state index is 11.3. The summed E-state index contributed by atoms with van der Waals surface area (Å²) in [7, 11) is 0. The second-order valence-corrected chi connectivity index (χ2v) is 3.03. The van der Waals surface area contributed by atoms with E-state index in [1.807, 2.05) is 6.92 Å². The van der Waals surface area contributed by atoms with Gasteiger partial charge in [0, 0.05) is 12.5 Å². The van der Waals surface area contributed by atoms with Gasteiger partial charge in [-0.2, -0.15) is 4.98 Å². The van der Waals surface area contributed by atoms with Crippen molar-refractivity contribution in [2.45, 2.75) is 19.4 Å². The van der Waals surface area contributed by atoms with E-state index in [0.29, 0.717) is 11.4 Å². The Morgan fingerprint density at radius 1 is 1.67 bits per heavy atom. The summed E-state index contributed by atoms with van der Waals surface area (Å²) in [6.45, 7) is 2.00. The molecule has 5 heteroatoms. The first-order chi connectivity index (χ1) is 5.66. The number of nitrogens with zero attached hydrogens (tertiary/aromatic N) is 1. The third-order valence-corrected chi connectivity index (χ3v) is 1.93. The van der Waals surface area contributed by atoms with Crippen molar-refractivity contribution in [2.24, 2.45) is 0 Å². The molecule has 1 aliphatic rings. The second-order valence-electron chi connectivity index (χ2n) is 3.03. The highest BCUT2D eigenvalue weighted by atomic mass is 16.1. The number of H-pyrrole nitrogens is 1. The molecule has 2 heterocycles. The Bertz CT molecular complexity index is 370. The van der Waals surface area contributed by atoms with Crippen molar-refractivity contribution in [2.75, 3.05) is 11.1 Å². The lowest BCUT2D eigenvalue weighted by molar-refractivity contribution is 0.833. The number of hydrogen-bond donors (Lipinski definition) is 3. The van der Waals surface area contributed by atoms with Crippen LogP contribution in [0.4, 0.5) is 11.8 Å². The SMILES string of the molecule is C[C@H]1Cc2c(nc(N)[nH]c2=O)N1. The van der Waals surface area contributed by atoms with Gasteiger partial charge >= 0.3 is 0 Å². The van der Waals surface area contributed by atoms with E-state index in [-0.39, 0.29) is 17.5 Å². The van der Waals surface area contributed by atoms with Gasteiger partial charge in [-0.05, 0) is 6.92 Å². The number of fused-ring (bicyclic) bond motifs is 1. The maximum absolute atomic E-state index is 11.3. The highest BCUT2D eigenvalue weighted by molar-refractivity contribution is 5.51. The van der Waals surface area contributed by atoms with Crippen LogP contribution in [-0.2, 0) is 6.42 Å². The Hall–Kier alpha value is -1.52. The van der Waals surface area contributed by atoms with E-state index < -0.39 is 0 Å². The van der Waals surface area contributed by atoms with Gasteiger partial charge in [0.2, 0.25) is 5.95 Å². The van der Waals surface area contributed by atoms with Crippen LogP contribution in [0.15, 0.2) is 4.79 Å². The molecule has 1 aromatic heterocycles. The number of rotatable bonds is 0. The first-order valence-corrected chi connectivity index (χ1v) is 3.82. The number of nitrogens with two attached hydrogens (primary N) is 1. The van der Waals surface area contributed by atoms with Crippen molar-refractivity contribution in [1.29, 1.82) is 0 Å². The largest absolute Gasteiger partial charge is 0.369 e. The molecule has 0 amide bonds. The number of aromatic nitrogens is 2. The molecule has 4 N–H and O–H groups in total. The van der Waals surface area contributed by atoms with Gasteiger partial charge in [0.25, 0.3) is 5.56 Å². The normalized spacial score (nSPS) is 20.2. The average molecular weight is 166 g/mol. The molecular weight excluding hydrogens is 156 g/mol. The summed E-state index contributed by atoms with van der Waals surface area (Å²) < 4.78 is 0. The minimum Gasteiger partial charge on any atom is -0.369 e. The standard InChI is InChI=1S/C7H10N4O/c1-3-2-4-5(9-3)10-7(8)11-6(4)12/h3H,2H2,1H3,(H4,8,9,10,11,12)/t3-/m0/s1. The Labute approximate surface area is 69.0 Å². The lowest BCUT2D eigenvalue weighted by Gasteiger charge is -2.00. The maximum Gasteiger partial charge on any atom is 0.257 e. The zero-order valence-corrected chi connectivity index (χ0v) is 6.72. The molecule has 0 saturated carbocycles. The van der Waals surface area contributed by atoms with Gasteiger partial charge in [-0.25, -0.2) is 0 Å². The summed E-state index contributed by atoms with van der Waals surface area (Å²) in [5.74, 6) is 0.795. The lowest BCUT2D eigenvalue weighted by atomic mass is 10.2. The van der Waals surface area contributed by atoms with Crippen LogP contribution >= 0.6 is 0 Å². The third-order valence-electron chi connectivity index (χ3n) is 1.93. The fourth-order valence-corrected chi connectivity index (χ4v) is 1.41. The van der Waals surface area contributed by atoms with Gasteiger partial charge in [-0.3, -0.25) is 9.78 Å². The van der Waals surface area contributed by atoms with E-state index in [2.05, 4.69) is 15.3 Å². The Kier molecular flexibility index (Phi) is 1.33. The first kappa shape index (κ1) is 7.15. The van der Waals surface area contributed by atoms with E-state index in [4.69, 9.17) is 5.73 Å². The predicted octanol–water partition coefficient (Wildman–Crippen LogP) is -0.291. The van der Waals surface area contributed by atoms with E-state index in [0.717, 1.165) is 6.42 Å². The molecule has 12 heavy (non-hydrogen) atoms. The van der Waals surface area contributed by atoms with E-state index >= 15 is 0 Å². The smallest absolute Gasteiger partial charge is 0.257 e. The van der Waals surface area contributed by atoms with Gasteiger partial charge in [0.05, 0.1) is 5.56 Å². The molecule has 1 aliphatic heterocycles. The molecule has 0 unspecified atom stereocenters. The highest BCUT2D eigenvalue weighted by Gasteiger charge is 2.21. The van der Waals surface area contributed by atoms with Crippen molar-refractivity contribution in [1.82, 2.24) is 9.97 Å². The van der Waals surface area contributed by atoms with Crippen LogP contribution in [0.25, 0.3) is 0 Å². The van der Waals surface area contributed by atoms with Gasteiger partial charge in [-0.15, -0.1) is 0 Å². The molecule has 0 spiro atoms. The topological polar surface area (TPSA) is 83.8 Å². The second kappa shape index (κ2) is 2.23. The van der Waals surface area contributed by atoms with Crippen molar-refractivity contribution in [3.05, 3.63) is 15.9 Å². The van der Waals surface area contributed by atoms with Crippen molar-refractivity contribution < 1.29 is 0 Å². The van der Waals surface area contributed by atoms with Gasteiger partial charge in [0.15, 0.2) is 0 Å². The molecule has 0 radical (unpaired) electrons. The summed E-state index contributed by atoms with van der Waals surface area (Å²) in [5, 5.41) is 3.07. The monoisotopic (exact) mass is 166 g/mol. The molecule has 0 aliphatic carbocycles. The van der Waals surface area contributed by atoms with Crippen molar-refractivity contribution in [3.63, 3.8) is 0 Å². The summed E-state index contributed by atoms with van der Waals surface area (Å²) in [6.07, 6.45) is 0.720. The lowest BCUT2D eigenvalue weighted by Crippen LogP contribution is -2.14. The van der Waals surface area contributed by atoms with Crippen LogP contribution in [0.1, 0.15) is 12.5 Å². The molecule has 0 fully saturated rings. The molecule has 1 atom stereocenters. The first-order valence-electron chi connectivity index (χ1n) is 3.82. The van der Waals surface area contributed by atoms with Crippen LogP contribution in [-0.4, -0.2) is 16.0 Å². The average Bonchev–Trinajstić information content (AvgIpc) is 2.29. The van der Waals surface area contributed by atoms with E-state index in [1.54, 1.807) is 0 Å². The van der Waals surface area contributed by atoms with Crippen LogP contribution in [0.5, 0.6) is 0 Å². The number of anilines is 2. The minimum atomic E-state index is -0.130. The van der Waals surface area contributed by atoms with E-state index in [1.165, 1.54) is 0 Å². The predicted molar refractivity (Wildman–Crippen MR) is 46.1 cm³/mol. The summed E-state index contributed by atoms with van der Waals surface area (Å²) in [5.41, 5.74) is 5.95. The number of hydrogen-bond acceptors (Lipinski definition) is 4. The van der Waals surface area contributed by atoms with Crippen LogP contribution in [0.3, 0.4) is 0 Å². The van der Waals surface area contributed by atoms with Gasteiger partial charge in [-0.1, -0.05) is 0 Å². The number of nitrogen functional groups attached to an aromatic ring is 1. The summed E-state index contributed by atoms with van der Waals surface area (Å²) >= 11 is 0. The molecule has 0 bridgehead atoms. The van der Waals surface area contributed by atoms with E-state index in [9.17, 15) is 4.79 Å². The Morgan fingerprint density at radius 3 is 3.17 bits per heavy atom. The summed E-state index contributed by atoms with van der Waals surface area (Å²) in [6, 6.07) is 0.274. The molecular formula is C7H10N4O. The third kappa shape index (κ3) is 0.939. The Balaban J connectivity index is 2.60. The molecule has 0 aromatic carbocycles. The zero-order chi connectivity index (χ0) is 8.72. The molecule has 1 aromatic rings. The van der Waals surface area contributed by atoms with Crippen molar-refractivity contribution in [3.8, 4) is 0 Å². The molecule has 2 rings (SSSR count). The van der Waals surface area contributed by atoms with Crippen LogP contribution < -0.4 is 16.6 Å². The fraction of sp³-hybridized carbons (Fsp3) is 0.429. The minimum absolute atomic E-state index is 0.130. The molecule has 5 nitrogen and oxygen atoms in total. The molecule has 0 saturated heterocycles. The number of nitrogens with one attached hydrogen (secondary N) is 2. The van der Waals surface area contributed by atoms with Crippen LogP contribution in [0.2, 0.25) is 0 Å².